The van der Waals surface area contributed by atoms with Crippen molar-refractivity contribution in [1.82, 2.24) is 15.2 Å². The Morgan fingerprint density at radius 3 is 2.38 bits per heavy atom. The smallest absolute Gasteiger partial charge is 0.266 e. The third-order valence-electron chi connectivity index (χ3n) is 6.13. The number of benzene rings is 2. The number of aromatic nitrogens is 1. The van der Waals surface area contributed by atoms with Crippen LogP contribution in [0.4, 0.5) is 0 Å². The molecule has 0 bridgehead atoms. The predicted octanol–water partition coefficient (Wildman–Crippen LogP) is 5.21. The molecule has 0 atom stereocenters. The highest BCUT2D eigenvalue weighted by Crippen LogP contribution is 2.34. The summed E-state index contributed by atoms with van der Waals surface area (Å²) in [6.45, 7) is 5.02. The Bertz CT molecular complexity index is 1180. The van der Waals surface area contributed by atoms with Crippen molar-refractivity contribution in [2.75, 3.05) is 6.61 Å². The molecule has 0 aliphatic heterocycles. The van der Waals surface area contributed by atoms with E-state index < -0.39 is 0 Å². The first-order valence-corrected chi connectivity index (χ1v) is 12.7. The van der Waals surface area contributed by atoms with Gasteiger partial charge in [-0.2, -0.15) is 0 Å². The van der Waals surface area contributed by atoms with Gasteiger partial charge < -0.3 is 15.0 Å². The maximum absolute atomic E-state index is 13.6. The number of amides is 2. The largest absolute Gasteiger partial charge is 0.494 e. The minimum absolute atomic E-state index is 0.0220. The zero-order valence-corrected chi connectivity index (χ0v) is 20.4. The number of hydrogen-bond donors (Lipinski definition) is 1. The molecular weight excluding hydrogens is 446 g/mol. The van der Waals surface area contributed by atoms with Gasteiger partial charge in [0.2, 0.25) is 0 Å². The van der Waals surface area contributed by atoms with Crippen LogP contribution in [0.3, 0.4) is 0 Å². The third kappa shape index (κ3) is 5.14. The molecule has 2 saturated carbocycles. The Morgan fingerprint density at radius 1 is 1.06 bits per heavy atom. The fourth-order valence-electron chi connectivity index (χ4n) is 3.92. The summed E-state index contributed by atoms with van der Waals surface area (Å²) in [6.07, 6.45) is 4.19. The molecule has 1 N–H and O–H groups in total. The Balaban J connectivity index is 1.30. The summed E-state index contributed by atoms with van der Waals surface area (Å²) in [5.41, 5.74) is 3.43. The molecule has 34 heavy (non-hydrogen) atoms. The van der Waals surface area contributed by atoms with Crippen molar-refractivity contribution in [3.63, 3.8) is 0 Å². The number of nitrogens with zero attached hydrogens (tertiary/aromatic N) is 2. The van der Waals surface area contributed by atoms with Crippen molar-refractivity contribution >= 4 is 23.2 Å². The molecule has 1 heterocycles. The van der Waals surface area contributed by atoms with Crippen LogP contribution in [-0.4, -0.2) is 40.4 Å². The van der Waals surface area contributed by atoms with Gasteiger partial charge in [0.25, 0.3) is 11.8 Å². The first-order valence-electron chi connectivity index (χ1n) is 11.9. The SMILES string of the molecule is CCOc1ccc(-c2nc(C)c(C(=O)N(Cc3ccc(C(=O)NC4CC4)cc3)C3CC3)s2)cc1. The van der Waals surface area contributed by atoms with E-state index in [-0.39, 0.29) is 17.9 Å². The van der Waals surface area contributed by atoms with Crippen molar-refractivity contribution in [3.05, 3.63) is 70.2 Å². The fraction of sp³-hybridized carbons (Fsp3) is 0.370. The maximum atomic E-state index is 13.6. The minimum atomic E-state index is -0.0220. The van der Waals surface area contributed by atoms with E-state index in [1.165, 1.54) is 11.3 Å². The number of carbonyl (C=O) groups excluding carboxylic acids is 2. The lowest BCUT2D eigenvalue weighted by atomic mass is 10.1. The quantitative estimate of drug-likeness (QED) is 0.461. The molecule has 3 aromatic rings. The zero-order chi connectivity index (χ0) is 23.7. The first-order chi connectivity index (χ1) is 16.5. The zero-order valence-electron chi connectivity index (χ0n) is 19.5. The van der Waals surface area contributed by atoms with Crippen LogP contribution in [-0.2, 0) is 6.54 Å². The molecule has 6 nitrogen and oxygen atoms in total. The fourth-order valence-corrected chi connectivity index (χ4v) is 4.94. The van der Waals surface area contributed by atoms with Crippen LogP contribution in [0.1, 0.15) is 63.9 Å². The number of nitrogens with one attached hydrogen (secondary N) is 1. The van der Waals surface area contributed by atoms with Crippen LogP contribution in [0.15, 0.2) is 48.5 Å². The van der Waals surface area contributed by atoms with E-state index in [1.807, 2.05) is 67.3 Å². The molecule has 176 valence electrons. The molecule has 5 rings (SSSR count). The van der Waals surface area contributed by atoms with Crippen LogP contribution in [0, 0.1) is 6.92 Å². The number of aryl methyl sites for hydroxylation is 1. The molecule has 2 amide bonds. The summed E-state index contributed by atoms with van der Waals surface area (Å²) >= 11 is 1.45. The van der Waals surface area contributed by atoms with E-state index in [1.54, 1.807) is 0 Å². The summed E-state index contributed by atoms with van der Waals surface area (Å²) in [5.74, 6) is 0.836. The molecule has 2 aliphatic rings. The van der Waals surface area contributed by atoms with Crippen molar-refractivity contribution < 1.29 is 14.3 Å². The second-order valence-electron chi connectivity index (χ2n) is 9.00. The van der Waals surface area contributed by atoms with Gasteiger partial charge >= 0.3 is 0 Å². The van der Waals surface area contributed by atoms with Gasteiger partial charge in [0, 0.05) is 29.8 Å². The van der Waals surface area contributed by atoms with Gasteiger partial charge in [-0.15, -0.1) is 11.3 Å². The molecule has 2 fully saturated rings. The van der Waals surface area contributed by atoms with Gasteiger partial charge in [0.15, 0.2) is 0 Å². The minimum Gasteiger partial charge on any atom is -0.494 e. The van der Waals surface area contributed by atoms with E-state index in [2.05, 4.69) is 5.32 Å². The number of ether oxygens (including phenoxy) is 1. The topological polar surface area (TPSA) is 71.5 Å². The van der Waals surface area contributed by atoms with Gasteiger partial charge in [-0.1, -0.05) is 12.1 Å². The molecule has 0 unspecified atom stereocenters. The third-order valence-corrected chi connectivity index (χ3v) is 7.33. The van der Waals surface area contributed by atoms with Gasteiger partial charge in [0.1, 0.15) is 15.6 Å². The first kappa shape index (κ1) is 22.6. The van der Waals surface area contributed by atoms with E-state index in [0.717, 1.165) is 53.3 Å². The summed E-state index contributed by atoms with van der Waals surface area (Å²) in [7, 11) is 0. The highest BCUT2D eigenvalue weighted by Gasteiger charge is 2.35. The van der Waals surface area contributed by atoms with E-state index in [9.17, 15) is 9.59 Å². The predicted molar refractivity (Wildman–Crippen MR) is 133 cm³/mol. The highest BCUT2D eigenvalue weighted by atomic mass is 32.1. The Labute approximate surface area is 204 Å². The number of thiazole rings is 1. The van der Waals surface area contributed by atoms with Crippen LogP contribution < -0.4 is 10.1 Å². The summed E-state index contributed by atoms with van der Waals surface area (Å²) in [6, 6.07) is 16.0. The lowest BCUT2D eigenvalue weighted by Crippen LogP contribution is -2.32. The van der Waals surface area contributed by atoms with Crippen LogP contribution in [0.2, 0.25) is 0 Å². The summed E-state index contributed by atoms with van der Waals surface area (Å²) in [5, 5.41) is 3.85. The average Bonchev–Trinajstić information content (AvgIpc) is 3.78. The number of rotatable bonds is 9. The molecule has 7 heteroatoms. The standard InChI is InChI=1S/C27H29N3O3S/c1-3-33-23-14-8-20(9-15-23)26-28-17(2)24(34-26)27(32)30(22-12-13-22)16-18-4-6-19(7-5-18)25(31)29-21-10-11-21/h4-9,14-15,21-22H,3,10-13,16H2,1-2H3,(H,29,31). The summed E-state index contributed by atoms with van der Waals surface area (Å²) in [4.78, 5) is 33.2. The maximum Gasteiger partial charge on any atom is 0.266 e. The van der Waals surface area contributed by atoms with Crippen molar-refractivity contribution in [3.8, 4) is 16.3 Å². The molecule has 0 radical (unpaired) electrons. The molecule has 1 aromatic heterocycles. The Kier molecular flexibility index (Phi) is 6.37. The lowest BCUT2D eigenvalue weighted by molar-refractivity contribution is 0.0733. The Hall–Kier alpha value is -3.19. The van der Waals surface area contributed by atoms with E-state index in [4.69, 9.17) is 9.72 Å². The second kappa shape index (κ2) is 9.58. The summed E-state index contributed by atoms with van der Waals surface area (Å²) < 4.78 is 5.53. The van der Waals surface area contributed by atoms with E-state index in [0.29, 0.717) is 29.6 Å². The number of hydrogen-bond acceptors (Lipinski definition) is 5. The van der Waals surface area contributed by atoms with E-state index >= 15 is 0 Å². The van der Waals surface area contributed by atoms with Gasteiger partial charge in [-0.3, -0.25) is 9.59 Å². The monoisotopic (exact) mass is 475 g/mol. The second-order valence-corrected chi connectivity index (χ2v) is 10.00. The lowest BCUT2D eigenvalue weighted by Gasteiger charge is -2.22. The van der Waals surface area contributed by atoms with Crippen LogP contribution in [0.5, 0.6) is 5.75 Å². The normalized spacial score (nSPS) is 15.1. The van der Waals surface area contributed by atoms with Crippen molar-refractivity contribution in [2.45, 2.75) is 58.2 Å². The van der Waals surface area contributed by atoms with Crippen molar-refractivity contribution in [1.29, 1.82) is 0 Å². The van der Waals surface area contributed by atoms with Crippen LogP contribution in [0.25, 0.3) is 10.6 Å². The molecule has 0 saturated heterocycles. The van der Waals surface area contributed by atoms with Gasteiger partial charge in [-0.05, 0) is 81.5 Å². The van der Waals surface area contributed by atoms with Gasteiger partial charge in [-0.25, -0.2) is 4.98 Å². The molecule has 2 aliphatic carbocycles. The molecule has 2 aromatic carbocycles. The Morgan fingerprint density at radius 2 is 1.76 bits per heavy atom. The van der Waals surface area contributed by atoms with Crippen LogP contribution >= 0.6 is 11.3 Å². The average molecular weight is 476 g/mol. The highest BCUT2D eigenvalue weighted by molar-refractivity contribution is 7.17. The molecule has 0 spiro atoms. The number of carbonyl (C=O) groups is 2. The van der Waals surface area contributed by atoms with Gasteiger partial charge in [0.05, 0.1) is 12.3 Å². The van der Waals surface area contributed by atoms with Crippen molar-refractivity contribution in [2.24, 2.45) is 0 Å². The molecular formula is C27H29N3O3S.